The van der Waals surface area contributed by atoms with Crippen LogP contribution in [-0.2, 0) is 10.0 Å². The maximum Gasteiger partial charge on any atom is 0.242 e. The average molecular weight is 241 g/mol. The Labute approximate surface area is 95.3 Å². The maximum atomic E-state index is 11.8. The minimum atomic E-state index is -3.38. The van der Waals surface area contributed by atoms with Crippen molar-refractivity contribution in [2.75, 3.05) is 18.9 Å². The van der Waals surface area contributed by atoms with E-state index in [0.717, 1.165) is 12.8 Å². The summed E-state index contributed by atoms with van der Waals surface area (Å²) in [6.45, 7) is 0.538. The van der Waals surface area contributed by atoms with Crippen LogP contribution in [0.15, 0.2) is 23.2 Å². The van der Waals surface area contributed by atoms with Gasteiger partial charge >= 0.3 is 0 Å². The predicted octanol–water partition coefficient (Wildman–Crippen LogP) is 0.812. The maximum absolute atomic E-state index is 11.8. The van der Waals surface area contributed by atoms with E-state index in [9.17, 15) is 8.42 Å². The molecule has 0 atom stereocenters. The summed E-state index contributed by atoms with van der Waals surface area (Å²) in [7, 11) is -1.64. The van der Waals surface area contributed by atoms with E-state index < -0.39 is 10.0 Å². The molecule has 1 aromatic rings. The van der Waals surface area contributed by atoms with E-state index in [-0.39, 0.29) is 4.90 Å². The van der Waals surface area contributed by atoms with Crippen LogP contribution >= 0.6 is 0 Å². The molecule has 88 valence electrons. The predicted molar refractivity (Wildman–Crippen MR) is 61.7 cm³/mol. The fourth-order valence-corrected chi connectivity index (χ4v) is 2.38. The lowest BCUT2D eigenvalue weighted by Crippen LogP contribution is -2.25. The number of hydrogen-bond donors (Lipinski definition) is 2. The normalized spacial score (nSPS) is 16.1. The van der Waals surface area contributed by atoms with Crippen molar-refractivity contribution in [3.05, 3.63) is 18.3 Å². The molecule has 1 saturated carbocycles. The van der Waals surface area contributed by atoms with Gasteiger partial charge in [-0.1, -0.05) is 0 Å². The molecule has 0 saturated heterocycles. The van der Waals surface area contributed by atoms with Crippen molar-refractivity contribution in [3.63, 3.8) is 0 Å². The first kappa shape index (κ1) is 11.3. The van der Waals surface area contributed by atoms with Crippen LogP contribution in [0.1, 0.15) is 12.8 Å². The summed E-state index contributed by atoms with van der Waals surface area (Å²) in [5.41, 5.74) is 0. The molecular weight excluding hydrogens is 226 g/mol. The quantitative estimate of drug-likeness (QED) is 0.800. The van der Waals surface area contributed by atoms with Gasteiger partial charge in [-0.3, -0.25) is 0 Å². The largest absolute Gasteiger partial charge is 0.373 e. The highest BCUT2D eigenvalue weighted by Crippen LogP contribution is 2.28. The molecule has 1 fully saturated rings. The van der Waals surface area contributed by atoms with Crippen molar-refractivity contribution >= 4 is 15.8 Å². The minimum Gasteiger partial charge on any atom is -0.373 e. The van der Waals surface area contributed by atoms with Crippen LogP contribution in [0, 0.1) is 5.92 Å². The van der Waals surface area contributed by atoms with Gasteiger partial charge in [0.05, 0.1) is 0 Å². The second kappa shape index (κ2) is 4.39. The number of anilines is 1. The molecule has 0 amide bonds. The highest BCUT2D eigenvalue weighted by molar-refractivity contribution is 7.89. The van der Waals surface area contributed by atoms with Crippen LogP contribution < -0.4 is 10.0 Å². The third-order valence-corrected chi connectivity index (χ3v) is 3.97. The van der Waals surface area contributed by atoms with E-state index >= 15 is 0 Å². The van der Waals surface area contributed by atoms with Gasteiger partial charge in [0.15, 0.2) is 0 Å². The van der Waals surface area contributed by atoms with E-state index in [1.165, 1.54) is 6.20 Å². The summed E-state index contributed by atoms with van der Waals surface area (Å²) < 4.78 is 26.2. The van der Waals surface area contributed by atoms with E-state index in [1.54, 1.807) is 19.2 Å². The van der Waals surface area contributed by atoms with Crippen LogP contribution in [0.2, 0.25) is 0 Å². The molecule has 2 N–H and O–H groups in total. The Balaban J connectivity index is 2.07. The van der Waals surface area contributed by atoms with Crippen LogP contribution in [0.4, 0.5) is 5.82 Å². The fraction of sp³-hybridized carbons (Fsp3) is 0.500. The molecule has 2 rings (SSSR count). The summed E-state index contributed by atoms with van der Waals surface area (Å²) in [6, 6.07) is 3.19. The van der Waals surface area contributed by atoms with E-state index in [0.29, 0.717) is 18.3 Å². The molecule has 0 spiro atoms. The minimum absolute atomic E-state index is 0.215. The molecule has 6 heteroatoms. The molecule has 1 aliphatic carbocycles. The lowest BCUT2D eigenvalue weighted by atomic mass is 10.4. The molecule has 1 heterocycles. The Morgan fingerprint density at radius 3 is 2.69 bits per heavy atom. The van der Waals surface area contributed by atoms with Crippen LogP contribution in [0.25, 0.3) is 0 Å². The molecule has 0 bridgehead atoms. The zero-order valence-electron chi connectivity index (χ0n) is 9.10. The number of pyridine rings is 1. The summed E-state index contributed by atoms with van der Waals surface area (Å²) in [4.78, 5) is 4.19. The highest BCUT2D eigenvalue weighted by atomic mass is 32.2. The van der Waals surface area contributed by atoms with Crippen LogP contribution in [-0.4, -0.2) is 27.0 Å². The summed E-state index contributed by atoms with van der Waals surface area (Å²) in [6.07, 6.45) is 3.61. The Hall–Kier alpha value is -1.14. The molecule has 0 aromatic carbocycles. The Bertz CT molecular complexity index is 451. The molecule has 0 aliphatic heterocycles. The van der Waals surface area contributed by atoms with Gasteiger partial charge in [0, 0.05) is 19.8 Å². The van der Waals surface area contributed by atoms with Gasteiger partial charge in [0.25, 0.3) is 0 Å². The van der Waals surface area contributed by atoms with Gasteiger partial charge in [-0.05, 0) is 30.9 Å². The van der Waals surface area contributed by atoms with Gasteiger partial charge < -0.3 is 5.32 Å². The molecule has 1 aromatic heterocycles. The molecule has 5 nitrogen and oxygen atoms in total. The van der Waals surface area contributed by atoms with Gasteiger partial charge in [0.1, 0.15) is 10.7 Å². The molecular formula is C10H15N3O2S. The van der Waals surface area contributed by atoms with Gasteiger partial charge in [-0.15, -0.1) is 0 Å². The standard InChI is InChI=1S/C10H15N3O2S/c1-11-10-5-4-9(7-12-10)16(14,15)13-6-8-2-3-8/h4-5,7-8,13H,2-3,6H2,1H3,(H,11,12). The second-order valence-corrected chi connectivity index (χ2v) is 5.69. The van der Waals surface area contributed by atoms with Crippen LogP contribution in [0.5, 0.6) is 0 Å². The van der Waals surface area contributed by atoms with E-state index in [4.69, 9.17) is 0 Å². The highest BCUT2D eigenvalue weighted by Gasteiger charge is 2.24. The zero-order valence-corrected chi connectivity index (χ0v) is 9.92. The van der Waals surface area contributed by atoms with Gasteiger partial charge in [-0.25, -0.2) is 18.1 Å². The number of hydrogen-bond acceptors (Lipinski definition) is 4. The average Bonchev–Trinajstić information content (AvgIpc) is 3.10. The van der Waals surface area contributed by atoms with Crippen molar-refractivity contribution in [2.45, 2.75) is 17.7 Å². The van der Waals surface area contributed by atoms with Crippen molar-refractivity contribution in [1.29, 1.82) is 0 Å². The number of aromatic nitrogens is 1. The monoisotopic (exact) mass is 241 g/mol. The van der Waals surface area contributed by atoms with E-state index in [2.05, 4.69) is 15.0 Å². The Kier molecular flexibility index (Phi) is 3.11. The Morgan fingerprint density at radius 1 is 1.44 bits per heavy atom. The van der Waals surface area contributed by atoms with Crippen molar-refractivity contribution in [3.8, 4) is 0 Å². The molecule has 1 aliphatic rings. The lowest BCUT2D eigenvalue weighted by molar-refractivity contribution is 0.577. The first-order chi connectivity index (χ1) is 7.62. The van der Waals surface area contributed by atoms with Gasteiger partial charge in [0.2, 0.25) is 10.0 Å². The lowest BCUT2D eigenvalue weighted by Gasteiger charge is -2.06. The zero-order chi connectivity index (χ0) is 11.6. The number of rotatable bonds is 5. The first-order valence-corrected chi connectivity index (χ1v) is 6.73. The summed E-state index contributed by atoms with van der Waals surface area (Å²) in [5, 5.41) is 2.84. The number of nitrogens with one attached hydrogen (secondary N) is 2. The first-order valence-electron chi connectivity index (χ1n) is 5.25. The summed E-state index contributed by atoms with van der Waals surface area (Å²) in [5.74, 6) is 1.18. The molecule has 0 radical (unpaired) electrons. The third-order valence-electron chi connectivity index (χ3n) is 2.56. The topological polar surface area (TPSA) is 71.1 Å². The third kappa shape index (κ3) is 2.70. The van der Waals surface area contributed by atoms with Crippen molar-refractivity contribution < 1.29 is 8.42 Å². The number of nitrogens with zero attached hydrogens (tertiary/aromatic N) is 1. The SMILES string of the molecule is CNc1ccc(S(=O)(=O)NCC2CC2)cn1. The van der Waals surface area contributed by atoms with Crippen LogP contribution in [0.3, 0.4) is 0 Å². The van der Waals surface area contributed by atoms with Crippen molar-refractivity contribution in [2.24, 2.45) is 5.92 Å². The fourth-order valence-electron chi connectivity index (χ4n) is 1.32. The van der Waals surface area contributed by atoms with Gasteiger partial charge in [-0.2, -0.15) is 0 Å². The smallest absolute Gasteiger partial charge is 0.242 e. The summed E-state index contributed by atoms with van der Waals surface area (Å²) >= 11 is 0. The Morgan fingerprint density at radius 2 is 2.19 bits per heavy atom. The molecule has 0 unspecified atom stereocenters. The van der Waals surface area contributed by atoms with E-state index in [1.807, 2.05) is 0 Å². The number of sulfonamides is 1. The van der Waals surface area contributed by atoms with Crippen molar-refractivity contribution in [1.82, 2.24) is 9.71 Å². The second-order valence-electron chi connectivity index (χ2n) is 3.92. The molecule has 16 heavy (non-hydrogen) atoms.